The SMILES string of the molecule is COc1cc(C=NNC(=O)C2CCN(CC(O)COCc3ccccc3)CC2)cc(OC)c1OC. The van der Waals surface area contributed by atoms with E-state index >= 15 is 0 Å². The number of aliphatic hydroxyl groups is 1. The molecule has 1 aliphatic heterocycles. The van der Waals surface area contributed by atoms with Crippen LogP contribution >= 0.6 is 0 Å². The van der Waals surface area contributed by atoms with Gasteiger partial charge in [-0.25, -0.2) is 5.43 Å². The summed E-state index contributed by atoms with van der Waals surface area (Å²) in [4.78, 5) is 14.7. The van der Waals surface area contributed by atoms with Crippen molar-refractivity contribution >= 4 is 12.1 Å². The Bertz CT molecular complexity index is 936. The van der Waals surface area contributed by atoms with Crippen molar-refractivity contribution in [2.75, 3.05) is 47.6 Å². The fourth-order valence-corrected chi connectivity index (χ4v) is 4.05. The monoisotopic (exact) mass is 485 g/mol. The molecular formula is C26H35N3O6. The molecule has 9 nitrogen and oxygen atoms in total. The Morgan fingerprint density at radius 1 is 1.11 bits per heavy atom. The first-order chi connectivity index (χ1) is 17.0. The maximum absolute atomic E-state index is 12.6. The van der Waals surface area contributed by atoms with Crippen LogP contribution in [0.3, 0.4) is 0 Å². The number of ether oxygens (including phenoxy) is 4. The summed E-state index contributed by atoms with van der Waals surface area (Å²) in [5, 5.41) is 14.4. The zero-order valence-electron chi connectivity index (χ0n) is 20.6. The van der Waals surface area contributed by atoms with Gasteiger partial charge in [-0.2, -0.15) is 5.10 Å². The van der Waals surface area contributed by atoms with Crippen LogP contribution in [0.5, 0.6) is 17.2 Å². The van der Waals surface area contributed by atoms with Crippen LogP contribution in [0, 0.1) is 5.92 Å². The Morgan fingerprint density at radius 3 is 2.37 bits per heavy atom. The van der Waals surface area contributed by atoms with Crippen LogP contribution in [-0.2, 0) is 16.1 Å². The average molecular weight is 486 g/mol. The highest BCUT2D eigenvalue weighted by Gasteiger charge is 2.26. The molecule has 1 unspecified atom stereocenters. The summed E-state index contributed by atoms with van der Waals surface area (Å²) < 4.78 is 21.6. The average Bonchev–Trinajstić information content (AvgIpc) is 2.89. The van der Waals surface area contributed by atoms with Crippen molar-refractivity contribution in [3.8, 4) is 17.2 Å². The minimum atomic E-state index is -0.563. The van der Waals surface area contributed by atoms with Crippen LogP contribution in [0.25, 0.3) is 0 Å². The maximum Gasteiger partial charge on any atom is 0.243 e. The number of amides is 1. The Labute approximate surface area is 206 Å². The first-order valence-electron chi connectivity index (χ1n) is 11.7. The van der Waals surface area contributed by atoms with Crippen LogP contribution in [0.1, 0.15) is 24.0 Å². The second-order valence-electron chi connectivity index (χ2n) is 8.42. The minimum Gasteiger partial charge on any atom is -0.493 e. The van der Waals surface area contributed by atoms with Crippen molar-refractivity contribution in [1.29, 1.82) is 0 Å². The van der Waals surface area contributed by atoms with E-state index in [1.165, 1.54) is 0 Å². The van der Waals surface area contributed by atoms with Crippen molar-refractivity contribution in [3.05, 3.63) is 53.6 Å². The minimum absolute atomic E-state index is 0.111. The number of aliphatic hydroxyl groups excluding tert-OH is 1. The van der Waals surface area contributed by atoms with Gasteiger partial charge in [-0.1, -0.05) is 30.3 Å². The first-order valence-corrected chi connectivity index (χ1v) is 11.7. The lowest BCUT2D eigenvalue weighted by Gasteiger charge is -2.32. The Morgan fingerprint density at radius 2 is 1.77 bits per heavy atom. The van der Waals surface area contributed by atoms with E-state index in [9.17, 15) is 9.90 Å². The molecule has 1 fully saturated rings. The van der Waals surface area contributed by atoms with Crippen molar-refractivity contribution in [3.63, 3.8) is 0 Å². The summed E-state index contributed by atoms with van der Waals surface area (Å²) in [6.45, 7) is 2.78. The van der Waals surface area contributed by atoms with Gasteiger partial charge in [0.15, 0.2) is 11.5 Å². The van der Waals surface area contributed by atoms with Crippen LogP contribution in [-0.4, -0.2) is 75.8 Å². The maximum atomic E-state index is 12.6. The van der Waals surface area contributed by atoms with Gasteiger partial charge in [0.25, 0.3) is 0 Å². The standard InChI is InChI=1S/C26H35N3O6/c1-32-23-13-20(14-24(33-2)25(23)34-3)15-27-28-26(31)21-9-11-29(12-10-21)16-22(30)18-35-17-19-7-5-4-6-8-19/h4-8,13-15,21-22,30H,9-12,16-18H2,1-3H3,(H,28,31). The number of methoxy groups -OCH3 is 3. The molecule has 35 heavy (non-hydrogen) atoms. The summed E-state index contributed by atoms with van der Waals surface area (Å²) in [6, 6.07) is 13.4. The van der Waals surface area contributed by atoms with Crippen LogP contribution in [0.2, 0.25) is 0 Å². The van der Waals surface area contributed by atoms with Crippen LogP contribution < -0.4 is 19.6 Å². The highest BCUT2D eigenvalue weighted by molar-refractivity contribution is 5.85. The number of nitrogens with one attached hydrogen (secondary N) is 1. The predicted molar refractivity (Wildman–Crippen MR) is 133 cm³/mol. The molecule has 2 aromatic carbocycles. The molecule has 1 aliphatic rings. The molecule has 1 amide bonds. The van der Waals surface area contributed by atoms with Crippen LogP contribution in [0.4, 0.5) is 0 Å². The molecule has 0 saturated carbocycles. The third-order valence-corrected chi connectivity index (χ3v) is 5.92. The van der Waals surface area contributed by atoms with Gasteiger partial charge in [-0.05, 0) is 43.6 Å². The van der Waals surface area contributed by atoms with E-state index in [4.69, 9.17) is 18.9 Å². The zero-order valence-corrected chi connectivity index (χ0v) is 20.6. The number of hydrogen-bond donors (Lipinski definition) is 2. The molecule has 2 N–H and O–H groups in total. The quantitative estimate of drug-likeness (QED) is 0.352. The number of rotatable bonds is 12. The van der Waals surface area contributed by atoms with E-state index in [1.807, 2.05) is 30.3 Å². The lowest BCUT2D eigenvalue weighted by molar-refractivity contribution is -0.126. The smallest absolute Gasteiger partial charge is 0.243 e. The van der Waals surface area contributed by atoms with Crippen molar-refractivity contribution in [2.45, 2.75) is 25.6 Å². The number of benzene rings is 2. The third kappa shape index (κ3) is 7.95. The fraction of sp³-hybridized carbons (Fsp3) is 0.462. The number of carbonyl (C=O) groups is 1. The van der Waals surface area contributed by atoms with E-state index < -0.39 is 6.10 Å². The summed E-state index contributed by atoms with van der Waals surface area (Å²) in [5.41, 5.74) is 4.42. The van der Waals surface area contributed by atoms with E-state index in [0.29, 0.717) is 48.8 Å². The summed E-state index contributed by atoms with van der Waals surface area (Å²) in [6.07, 6.45) is 2.41. The lowest BCUT2D eigenvalue weighted by atomic mass is 9.96. The van der Waals surface area contributed by atoms with Gasteiger partial charge in [0.2, 0.25) is 11.7 Å². The predicted octanol–water partition coefficient (Wildman–Crippen LogP) is 2.45. The fourth-order valence-electron chi connectivity index (χ4n) is 4.05. The summed E-state index contributed by atoms with van der Waals surface area (Å²) in [5.74, 6) is 1.30. The van der Waals surface area contributed by atoms with Crippen molar-refractivity contribution < 1.29 is 28.8 Å². The lowest BCUT2D eigenvalue weighted by Crippen LogP contribution is -2.43. The molecule has 1 saturated heterocycles. The molecule has 3 rings (SSSR count). The van der Waals surface area contributed by atoms with Gasteiger partial charge in [-0.15, -0.1) is 0 Å². The molecule has 1 atom stereocenters. The largest absolute Gasteiger partial charge is 0.493 e. The molecule has 0 aliphatic carbocycles. The van der Waals surface area contributed by atoms with Crippen LogP contribution in [0.15, 0.2) is 47.6 Å². The Balaban J connectivity index is 1.39. The molecule has 0 spiro atoms. The highest BCUT2D eigenvalue weighted by Crippen LogP contribution is 2.37. The molecular weight excluding hydrogens is 450 g/mol. The van der Waals surface area contributed by atoms with E-state index in [-0.39, 0.29) is 18.4 Å². The van der Waals surface area contributed by atoms with Crippen molar-refractivity contribution in [1.82, 2.24) is 10.3 Å². The molecule has 2 aromatic rings. The highest BCUT2D eigenvalue weighted by atomic mass is 16.5. The van der Waals surface area contributed by atoms with Crippen molar-refractivity contribution in [2.24, 2.45) is 11.0 Å². The molecule has 0 aromatic heterocycles. The van der Waals surface area contributed by atoms with Gasteiger partial charge < -0.3 is 29.0 Å². The van der Waals surface area contributed by atoms with Gasteiger partial charge >= 0.3 is 0 Å². The molecule has 9 heteroatoms. The number of likely N-dealkylation sites (tertiary alicyclic amines) is 1. The first kappa shape index (κ1) is 26.5. The Kier molecular flexibility index (Phi) is 10.3. The number of hydrogen-bond acceptors (Lipinski definition) is 8. The zero-order chi connectivity index (χ0) is 25.0. The van der Waals surface area contributed by atoms with Gasteiger partial charge in [-0.3, -0.25) is 4.79 Å². The second kappa shape index (κ2) is 13.7. The summed E-state index contributed by atoms with van der Waals surface area (Å²) in [7, 11) is 4.63. The second-order valence-corrected chi connectivity index (χ2v) is 8.42. The summed E-state index contributed by atoms with van der Waals surface area (Å²) >= 11 is 0. The number of hydrazone groups is 1. The number of nitrogens with zero attached hydrogens (tertiary/aromatic N) is 2. The third-order valence-electron chi connectivity index (χ3n) is 5.92. The van der Waals surface area contributed by atoms with E-state index in [0.717, 1.165) is 18.7 Å². The number of carbonyl (C=O) groups excluding carboxylic acids is 1. The van der Waals surface area contributed by atoms with Gasteiger partial charge in [0.05, 0.1) is 46.9 Å². The van der Waals surface area contributed by atoms with Gasteiger partial charge in [0.1, 0.15) is 0 Å². The normalized spacial score (nSPS) is 15.7. The Hall–Kier alpha value is -3.14. The number of β-amino-alcohol motifs (C(OH)–C–C–N with tert-alkyl or cyclic N) is 1. The van der Waals surface area contributed by atoms with E-state index in [2.05, 4.69) is 15.4 Å². The van der Waals surface area contributed by atoms with Gasteiger partial charge in [0, 0.05) is 18.0 Å². The topological polar surface area (TPSA) is 102 Å². The number of piperidine rings is 1. The molecule has 0 radical (unpaired) electrons. The molecule has 0 bridgehead atoms. The molecule has 1 heterocycles. The molecule has 190 valence electrons. The van der Waals surface area contributed by atoms with E-state index in [1.54, 1.807) is 39.7 Å².